The standard InChI is InChI=1S/C14H14N4OS/c1-9-16-13(19-18-9)8-20-14-11(7-15)6-10-4-2-3-5-12(10)17-14/h6H,2-5,8H2,1H3. The van der Waals surface area contributed by atoms with Crippen molar-refractivity contribution in [3.63, 3.8) is 0 Å². The van der Waals surface area contributed by atoms with E-state index in [4.69, 9.17) is 4.52 Å². The van der Waals surface area contributed by atoms with E-state index in [9.17, 15) is 5.26 Å². The number of fused-ring (bicyclic) bond motifs is 1. The minimum atomic E-state index is 0.543. The summed E-state index contributed by atoms with van der Waals surface area (Å²) in [5.74, 6) is 1.73. The third-order valence-electron chi connectivity index (χ3n) is 3.29. The summed E-state index contributed by atoms with van der Waals surface area (Å²) >= 11 is 1.48. The van der Waals surface area contributed by atoms with E-state index in [2.05, 4.69) is 21.2 Å². The molecule has 2 heterocycles. The molecule has 1 aliphatic carbocycles. The molecule has 0 aliphatic heterocycles. The zero-order valence-electron chi connectivity index (χ0n) is 11.2. The lowest BCUT2D eigenvalue weighted by Gasteiger charge is -2.16. The van der Waals surface area contributed by atoms with Gasteiger partial charge in [0.1, 0.15) is 11.1 Å². The van der Waals surface area contributed by atoms with Gasteiger partial charge in [0.05, 0.1) is 11.3 Å². The first-order chi connectivity index (χ1) is 9.76. The summed E-state index contributed by atoms with van der Waals surface area (Å²) in [5, 5.41) is 13.8. The highest BCUT2D eigenvalue weighted by molar-refractivity contribution is 7.98. The average Bonchev–Trinajstić information content (AvgIpc) is 2.89. The Kier molecular flexibility index (Phi) is 3.70. The van der Waals surface area contributed by atoms with E-state index in [0.29, 0.717) is 23.0 Å². The smallest absolute Gasteiger partial charge is 0.237 e. The third kappa shape index (κ3) is 2.68. The van der Waals surface area contributed by atoms with E-state index in [0.717, 1.165) is 23.6 Å². The van der Waals surface area contributed by atoms with Gasteiger partial charge in [0.25, 0.3) is 0 Å². The van der Waals surface area contributed by atoms with Gasteiger partial charge in [-0.1, -0.05) is 16.9 Å². The number of hydrogen-bond acceptors (Lipinski definition) is 6. The molecular formula is C14H14N4OS. The molecule has 2 aromatic rings. The van der Waals surface area contributed by atoms with Gasteiger partial charge in [-0.15, -0.1) is 0 Å². The Bertz CT molecular complexity index is 674. The third-order valence-corrected chi connectivity index (χ3v) is 4.26. The first kappa shape index (κ1) is 13.1. The van der Waals surface area contributed by atoms with E-state index in [1.54, 1.807) is 6.92 Å². The van der Waals surface area contributed by atoms with E-state index < -0.39 is 0 Å². The highest BCUT2D eigenvalue weighted by Crippen LogP contribution is 2.28. The van der Waals surface area contributed by atoms with Gasteiger partial charge in [-0.05, 0) is 44.2 Å². The summed E-state index contributed by atoms with van der Waals surface area (Å²) in [6, 6.07) is 4.23. The van der Waals surface area contributed by atoms with Crippen molar-refractivity contribution in [3.8, 4) is 6.07 Å². The van der Waals surface area contributed by atoms with Crippen LogP contribution in [-0.2, 0) is 18.6 Å². The van der Waals surface area contributed by atoms with Gasteiger partial charge in [-0.2, -0.15) is 10.2 Å². The Labute approximate surface area is 121 Å². The number of thioether (sulfide) groups is 1. The van der Waals surface area contributed by atoms with Crippen LogP contribution >= 0.6 is 11.8 Å². The Morgan fingerprint density at radius 2 is 2.20 bits per heavy atom. The second-order valence-corrected chi connectivity index (χ2v) is 5.75. The van der Waals surface area contributed by atoms with E-state index in [1.165, 1.54) is 30.2 Å². The lowest BCUT2D eigenvalue weighted by Crippen LogP contribution is -2.07. The second kappa shape index (κ2) is 5.63. The van der Waals surface area contributed by atoms with Crippen LogP contribution in [0.1, 0.15) is 41.4 Å². The van der Waals surface area contributed by atoms with Crippen LogP contribution in [0, 0.1) is 18.3 Å². The maximum atomic E-state index is 9.27. The average molecular weight is 286 g/mol. The molecule has 20 heavy (non-hydrogen) atoms. The molecule has 0 fully saturated rings. The van der Waals surface area contributed by atoms with Crippen molar-refractivity contribution >= 4 is 11.8 Å². The van der Waals surface area contributed by atoms with Crippen LogP contribution in [0.5, 0.6) is 0 Å². The maximum Gasteiger partial charge on any atom is 0.237 e. The van der Waals surface area contributed by atoms with Crippen LogP contribution in [0.2, 0.25) is 0 Å². The fraction of sp³-hybridized carbons (Fsp3) is 0.429. The van der Waals surface area contributed by atoms with Gasteiger partial charge < -0.3 is 4.52 Å². The Balaban J connectivity index is 1.83. The molecule has 0 saturated carbocycles. The van der Waals surface area contributed by atoms with Gasteiger partial charge in [0, 0.05) is 5.69 Å². The molecule has 0 radical (unpaired) electrons. The fourth-order valence-corrected chi connectivity index (χ4v) is 3.15. The van der Waals surface area contributed by atoms with Crippen LogP contribution in [0.15, 0.2) is 15.6 Å². The highest BCUT2D eigenvalue weighted by Gasteiger charge is 2.16. The van der Waals surface area contributed by atoms with Crippen molar-refractivity contribution in [2.75, 3.05) is 0 Å². The second-order valence-electron chi connectivity index (χ2n) is 4.79. The molecule has 0 amide bonds. The molecule has 1 aliphatic rings. The first-order valence-corrected chi connectivity index (χ1v) is 7.59. The number of pyridine rings is 1. The molecule has 0 spiro atoms. The number of rotatable bonds is 3. The van der Waals surface area contributed by atoms with Crippen LogP contribution in [0.4, 0.5) is 0 Å². The van der Waals surface area contributed by atoms with Crippen molar-refractivity contribution in [1.82, 2.24) is 15.1 Å². The predicted molar refractivity (Wildman–Crippen MR) is 74.2 cm³/mol. The minimum Gasteiger partial charge on any atom is -0.338 e. The highest BCUT2D eigenvalue weighted by atomic mass is 32.2. The van der Waals surface area contributed by atoms with Gasteiger partial charge in [-0.25, -0.2) is 4.98 Å². The number of hydrogen-bond donors (Lipinski definition) is 0. The zero-order chi connectivity index (χ0) is 13.9. The molecular weight excluding hydrogens is 272 g/mol. The Hall–Kier alpha value is -1.87. The van der Waals surface area contributed by atoms with Crippen molar-refractivity contribution in [1.29, 1.82) is 5.26 Å². The first-order valence-electron chi connectivity index (χ1n) is 6.61. The molecule has 6 heteroatoms. The molecule has 2 aromatic heterocycles. The molecule has 0 N–H and O–H groups in total. The molecule has 0 atom stereocenters. The summed E-state index contributed by atoms with van der Waals surface area (Å²) in [7, 11) is 0. The predicted octanol–water partition coefficient (Wildman–Crippen LogP) is 2.82. The van der Waals surface area contributed by atoms with Gasteiger partial charge in [0.2, 0.25) is 5.89 Å². The summed E-state index contributed by atoms with van der Waals surface area (Å²) in [6.45, 7) is 1.79. The van der Waals surface area contributed by atoms with Gasteiger partial charge in [-0.3, -0.25) is 0 Å². The Morgan fingerprint density at radius 3 is 2.95 bits per heavy atom. The van der Waals surface area contributed by atoms with Crippen LogP contribution in [-0.4, -0.2) is 15.1 Å². The summed E-state index contributed by atoms with van der Waals surface area (Å²) in [4.78, 5) is 8.82. The molecule has 0 bridgehead atoms. The molecule has 3 rings (SSSR count). The van der Waals surface area contributed by atoms with Crippen molar-refractivity contribution in [2.45, 2.75) is 43.4 Å². The molecule has 102 valence electrons. The topological polar surface area (TPSA) is 75.6 Å². The normalized spacial score (nSPS) is 13.8. The monoisotopic (exact) mass is 286 g/mol. The van der Waals surface area contributed by atoms with Crippen LogP contribution < -0.4 is 0 Å². The van der Waals surface area contributed by atoms with E-state index >= 15 is 0 Å². The van der Waals surface area contributed by atoms with E-state index in [1.807, 2.05) is 6.07 Å². The van der Waals surface area contributed by atoms with Crippen molar-refractivity contribution < 1.29 is 4.52 Å². The van der Waals surface area contributed by atoms with Crippen molar-refractivity contribution in [2.24, 2.45) is 0 Å². The lowest BCUT2D eigenvalue weighted by atomic mass is 9.95. The molecule has 0 saturated heterocycles. The largest absolute Gasteiger partial charge is 0.338 e. The summed E-state index contributed by atoms with van der Waals surface area (Å²) in [6.07, 6.45) is 4.41. The number of aromatic nitrogens is 3. The number of nitrogens with zero attached hydrogens (tertiary/aromatic N) is 4. The number of nitriles is 1. The van der Waals surface area contributed by atoms with E-state index in [-0.39, 0.29) is 0 Å². The Morgan fingerprint density at radius 1 is 1.35 bits per heavy atom. The van der Waals surface area contributed by atoms with Crippen LogP contribution in [0.25, 0.3) is 0 Å². The maximum absolute atomic E-state index is 9.27. The molecule has 0 unspecified atom stereocenters. The number of aryl methyl sites for hydroxylation is 3. The zero-order valence-corrected chi connectivity index (χ0v) is 12.0. The minimum absolute atomic E-state index is 0.543. The van der Waals surface area contributed by atoms with Crippen molar-refractivity contribution in [3.05, 3.63) is 34.6 Å². The SMILES string of the molecule is Cc1noc(CSc2nc3c(cc2C#N)CCCC3)n1. The summed E-state index contributed by atoms with van der Waals surface area (Å²) < 4.78 is 5.08. The summed E-state index contributed by atoms with van der Waals surface area (Å²) in [5.41, 5.74) is 3.01. The molecule has 5 nitrogen and oxygen atoms in total. The van der Waals surface area contributed by atoms with Gasteiger partial charge in [0.15, 0.2) is 5.82 Å². The van der Waals surface area contributed by atoms with Crippen LogP contribution in [0.3, 0.4) is 0 Å². The lowest BCUT2D eigenvalue weighted by molar-refractivity contribution is 0.387. The fourth-order valence-electron chi connectivity index (χ4n) is 2.33. The quantitative estimate of drug-likeness (QED) is 0.808. The molecule has 0 aromatic carbocycles. The van der Waals surface area contributed by atoms with Gasteiger partial charge >= 0.3 is 0 Å².